The molecule has 0 saturated carbocycles. The van der Waals surface area contributed by atoms with Crippen molar-refractivity contribution in [3.8, 4) is 17.1 Å². The number of nitrogens with one attached hydrogen (secondary N) is 1. The fraction of sp³-hybridized carbons (Fsp3) is 0.200. The minimum atomic E-state index is -0.149. The lowest BCUT2D eigenvalue weighted by Gasteiger charge is -2.32. The zero-order chi connectivity index (χ0) is 22.6. The number of rotatable bonds is 4. The molecule has 1 aliphatic rings. The molecule has 2 amide bonds. The normalized spacial score (nSPS) is 14.2. The van der Waals surface area contributed by atoms with Crippen LogP contribution in [0.15, 0.2) is 90.0 Å². The van der Waals surface area contributed by atoms with Crippen LogP contribution in [0, 0.1) is 0 Å². The van der Waals surface area contributed by atoms with Crippen LogP contribution < -0.4 is 10.7 Å². The molecule has 0 radical (unpaired) electrons. The summed E-state index contributed by atoms with van der Waals surface area (Å²) in [7, 11) is 0. The second kappa shape index (κ2) is 9.12. The van der Waals surface area contributed by atoms with Crippen molar-refractivity contribution in [2.45, 2.75) is 18.9 Å². The molecular formula is C25H24N6O2. The van der Waals surface area contributed by atoms with Crippen molar-refractivity contribution >= 4 is 11.7 Å². The number of hydrogen-bond acceptors (Lipinski definition) is 4. The van der Waals surface area contributed by atoms with Crippen molar-refractivity contribution in [1.82, 2.24) is 24.5 Å². The third-order valence-corrected chi connectivity index (χ3v) is 5.86. The van der Waals surface area contributed by atoms with Crippen LogP contribution in [0.5, 0.6) is 0 Å². The molecule has 1 fully saturated rings. The van der Waals surface area contributed by atoms with Crippen LogP contribution in [-0.4, -0.2) is 43.6 Å². The highest BCUT2D eigenvalue weighted by Gasteiger charge is 2.25. The Balaban J connectivity index is 1.32. The molecular weight excluding hydrogens is 416 g/mol. The summed E-state index contributed by atoms with van der Waals surface area (Å²) < 4.78 is 3.58. The van der Waals surface area contributed by atoms with Gasteiger partial charge in [-0.15, -0.1) is 0 Å². The molecule has 8 nitrogen and oxygen atoms in total. The number of likely N-dealkylation sites (tertiary alicyclic amines) is 1. The van der Waals surface area contributed by atoms with Gasteiger partial charge in [-0.05, 0) is 43.2 Å². The lowest BCUT2D eigenvalue weighted by Crippen LogP contribution is -2.41. The summed E-state index contributed by atoms with van der Waals surface area (Å²) in [6, 6.07) is 22.5. The number of aromatic nitrogens is 4. The van der Waals surface area contributed by atoms with Crippen LogP contribution in [0.2, 0.25) is 0 Å². The smallest absolute Gasteiger partial charge is 0.321 e. The van der Waals surface area contributed by atoms with E-state index in [1.165, 1.54) is 0 Å². The lowest BCUT2D eigenvalue weighted by molar-refractivity contribution is 0.180. The Morgan fingerprint density at radius 1 is 0.909 bits per heavy atom. The molecule has 4 aromatic rings. The molecule has 0 atom stereocenters. The van der Waals surface area contributed by atoms with Gasteiger partial charge in [-0.25, -0.2) is 9.48 Å². The van der Waals surface area contributed by atoms with Crippen molar-refractivity contribution in [2.24, 2.45) is 0 Å². The summed E-state index contributed by atoms with van der Waals surface area (Å²) in [6.07, 6.45) is 4.93. The topological polar surface area (TPSA) is 85.0 Å². The van der Waals surface area contributed by atoms with Crippen LogP contribution in [0.1, 0.15) is 18.9 Å². The molecule has 8 heteroatoms. The molecule has 2 aromatic carbocycles. The number of anilines is 1. The molecule has 1 N–H and O–H groups in total. The first-order valence-corrected chi connectivity index (χ1v) is 11.0. The van der Waals surface area contributed by atoms with Gasteiger partial charge in [0.1, 0.15) is 0 Å². The number of piperidine rings is 1. The molecule has 1 saturated heterocycles. The number of carbonyl (C=O) groups excluding carboxylic acids is 1. The van der Waals surface area contributed by atoms with Crippen LogP contribution in [0.3, 0.4) is 0 Å². The van der Waals surface area contributed by atoms with E-state index in [2.05, 4.69) is 15.5 Å². The van der Waals surface area contributed by atoms with Gasteiger partial charge in [0.05, 0.1) is 23.6 Å². The number of amides is 2. The Morgan fingerprint density at radius 2 is 1.61 bits per heavy atom. The summed E-state index contributed by atoms with van der Waals surface area (Å²) in [5, 5.41) is 12.0. The van der Waals surface area contributed by atoms with Gasteiger partial charge in [0.2, 0.25) is 5.43 Å². The van der Waals surface area contributed by atoms with E-state index in [-0.39, 0.29) is 17.5 Å². The molecule has 0 spiro atoms. The number of carbonyl (C=O) groups is 1. The fourth-order valence-corrected chi connectivity index (χ4v) is 4.12. The van der Waals surface area contributed by atoms with Gasteiger partial charge in [0.25, 0.3) is 0 Å². The van der Waals surface area contributed by atoms with Gasteiger partial charge in [-0.1, -0.05) is 36.4 Å². The Labute approximate surface area is 191 Å². The predicted octanol–water partition coefficient (Wildman–Crippen LogP) is 3.97. The Hall–Kier alpha value is -4.20. The van der Waals surface area contributed by atoms with Crippen LogP contribution >= 0.6 is 0 Å². The first kappa shape index (κ1) is 20.7. The molecule has 2 aromatic heterocycles. The molecule has 33 heavy (non-hydrogen) atoms. The Bertz CT molecular complexity index is 1290. The highest BCUT2D eigenvalue weighted by atomic mass is 16.2. The molecule has 0 unspecified atom stereocenters. The van der Waals surface area contributed by atoms with E-state index in [1.807, 2.05) is 70.2 Å². The minimum Gasteiger partial charge on any atom is -0.324 e. The number of nitrogens with zero attached hydrogens (tertiary/aromatic N) is 5. The zero-order valence-electron chi connectivity index (χ0n) is 18.0. The fourth-order valence-electron chi connectivity index (χ4n) is 4.12. The van der Waals surface area contributed by atoms with E-state index in [4.69, 9.17) is 0 Å². The summed E-state index contributed by atoms with van der Waals surface area (Å²) in [6.45, 7) is 1.24. The first-order chi connectivity index (χ1) is 16.2. The second-order valence-corrected chi connectivity index (χ2v) is 7.99. The SMILES string of the molecule is O=C(Nc1ccccc1)N1CCC(n2ccc(=O)c(-c3ccnn3-c3ccccc3)n2)CC1. The van der Waals surface area contributed by atoms with Gasteiger partial charge >= 0.3 is 6.03 Å². The largest absolute Gasteiger partial charge is 0.324 e. The number of hydrogen-bond donors (Lipinski definition) is 1. The van der Waals surface area contributed by atoms with Gasteiger partial charge in [-0.2, -0.15) is 10.2 Å². The summed E-state index contributed by atoms with van der Waals surface area (Å²) >= 11 is 0. The summed E-state index contributed by atoms with van der Waals surface area (Å²) in [5.74, 6) is 0. The maximum atomic E-state index is 12.7. The Morgan fingerprint density at radius 3 is 2.33 bits per heavy atom. The summed E-state index contributed by atoms with van der Waals surface area (Å²) in [4.78, 5) is 27.1. The van der Waals surface area contributed by atoms with Gasteiger partial charge < -0.3 is 10.2 Å². The van der Waals surface area contributed by atoms with Crippen molar-refractivity contribution in [3.05, 3.63) is 95.4 Å². The van der Waals surface area contributed by atoms with Crippen molar-refractivity contribution < 1.29 is 4.79 Å². The third kappa shape index (κ3) is 4.41. The number of para-hydroxylation sites is 2. The minimum absolute atomic E-state index is 0.0973. The lowest BCUT2D eigenvalue weighted by atomic mass is 10.1. The van der Waals surface area contributed by atoms with E-state index in [0.717, 1.165) is 24.2 Å². The van der Waals surface area contributed by atoms with Gasteiger partial charge in [0, 0.05) is 31.0 Å². The van der Waals surface area contributed by atoms with E-state index in [9.17, 15) is 9.59 Å². The quantitative estimate of drug-likeness (QED) is 0.520. The van der Waals surface area contributed by atoms with Crippen LogP contribution in [0.25, 0.3) is 17.1 Å². The molecule has 1 aliphatic heterocycles. The highest BCUT2D eigenvalue weighted by Crippen LogP contribution is 2.24. The average Bonchev–Trinajstić information content (AvgIpc) is 3.35. The Kier molecular flexibility index (Phi) is 5.72. The maximum absolute atomic E-state index is 12.7. The standard InChI is InChI=1S/C25H24N6O2/c32-23-14-18-30(28-24(23)22-11-15-26-31(22)21-9-5-2-6-10-21)20-12-16-29(17-13-20)25(33)27-19-7-3-1-4-8-19/h1-11,14-15,18,20H,12-13,16-17H2,(H,27,33). The van der Waals surface area contributed by atoms with Crippen molar-refractivity contribution in [3.63, 3.8) is 0 Å². The molecule has 5 rings (SSSR count). The zero-order valence-corrected chi connectivity index (χ0v) is 18.0. The molecule has 3 heterocycles. The molecule has 0 bridgehead atoms. The molecule has 166 valence electrons. The maximum Gasteiger partial charge on any atom is 0.321 e. The van der Waals surface area contributed by atoms with E-state index in [0.29, 0.717) is 24.5 Å². The third-order valence-electron chi connectivity index (χ3n) is 5.86. The van der Waals surface area contributed by atoms with Crippen molar-refractivity contribution in [2.75, 3.05) is 18.4 Å². The van der Waals surface area contributed by atoms with E-state index >= 15 is 0 Å². The van der Waals surface area contributed by atoms with Crippen LogP contribution in [0.4, 0.5) is 10.5 Å². The van der Waals surface area contributed by atoms with Gasteiger partial charge in [-0.3, -0.25) is 9.48 Å². The molecule has 0 aliphatic carbocycles. The van der Waals surface area contributed by atoms with E-state index < -0.39 is 0 Å². The van der Waals surface area contributed by atoms with Gasteiger partial charge in [0.15, 0.2) is 5.69 Å². The highest BCUT2D eigenvalue weighted by molar-refractivity contribution is 5.89. The number of urea groups is 1. The first-order valence-electron chi connectivity index (χ1n) is 11.0. The predicted molar refractivity (Wildman–Crippen MR) is 126 cm³/mol. The average molecular weight is 441 g/mol. The van der Waals surface area contributed by atoms with E-state index in [1.54, 1.807) is 29.2 Å². The number of benzene rings is 2. The monoisotopic (exact) mass is 440 g/mol. The van der Waals surface area contributed by atoms with Crippen molar-refractivity contribution in [1.29, 1.82) is 0 Å². The van der Waals surface area contributed by atoms with Crippen LogP contribution in [-0.2, 0) is 0 Å². The second-order valence-electron chi connectivity index (χ2n) is 7.99. The summed E-state index contributed by atoms with van der Waals surface area (Å²) in [5.41, 5.74) is 2.52.